The first-order chi connectivity index (χ1) is 7.66. The van der Waals surface area contributed by atoms with Crippen molar-refractivity contribution in [1.29, 1.82) is 0 Å². The van der Waals surface area contributed by atoms with Crippen LogP contribution in [-0.2, 0) is 0 Å². The molecule has 0 aromatic carbocycles. The van der Waals surface area contributed by atoms with Gasteiger partial charge in [0.15, 0.2) is 0 Å². The second-order valence-electron chi connectivity index (χ2n) is 5.93. The Bertz CT molecular complexity index is 204. The highest BCUT2D eigenvalue weighted by molar-refractivity contribution is 4.83. The number of hydrogen-bond acceptors (Lipinski definition) is 4. The van der Waals surface area contributed by atoms with Crippen molar-refractivity contribution < 1.29 is 10.2 Å². The molecule has 0 fully saturated rings. The lowest BCUT2D eigenvalue weighted by atomic mass is 9.89. The SMILES string of the molecule is CCC(O)N(C(O)CC)C(N(C)C)C(C)(C)C. The zero-order valence-corrected chi connectivity index (χ0v) is 12.4. The molecule has 0 saturated carbocycles. The van der Waals surface area contributed by atoms with E-state index < -0.39 is 12.5 Å². The summed E-state index contributed by atoms with van der Waals surface area (Å²) in [4.78, 5) is 3.86. The molecule has 0 heterocycles. The molecule has 17 heavy (non-hydrogen) atoms. The molecule has 0 aliphatic heterocycles. The Morgan fingerprint density at radius 3 is 1.47 bits per heavy atom. The predicted molar refractivity (Wildman–Crippen MR) is 71.4 cm³/mol. The molecular weight excluding hydrogens is 216 g/mol. The standard InChI is InChI=1S/C13H30N2O2/c1-8-10(16)15(11(17)9-2)12(14(6)7)13(3,4)5/h10-12,16-17H,8-9H2,1-7H3. The van der Waals surface area contributed by atoms with Gasteiger partial charge in [0.2, 0.25) is 0 Å². The molecule has 0 aliphatic rings. The van der Waals surface area contributed by atoms with Crippen molar-refractivity contribution in [2.45, 2.75) is 66.1 Å². The summed E-state index contributed by atoms with van der Waals surface area (Å²) in [5, 5.41) is 20.3. The van der Waals surface area contributed by atoms with Gasteiger partial charge in [-0.15, -0.1) is 0 Å². The maximum absolute atomic E-state index is 10.1. The minimum atomic E-state index is -0.614. The molecule has 2 N–H and O–H groups in total. The molecule has 0 bridgehead atoms. The predicted octanol–water partition coefficient (Wildman–Crippen LogP) is 1.68. The van der Waals surface area contributed by atoms with Crippen molar-refractivity contribution in [2.24, 2.45) is 5.41 Å². The van der Waals surface area contributed by atoms with Gasteiger partial charge in [-0.05, 0) is 32.4 Å². The average Bonchev–Trinajstić information content (AvgIpc) is 2.21. The number of aliphatic hydroxyl groups is 2. The van der Waals surface area contributed by atoms with E-state index in [1.807, 2.05) is 27.9 Å². The lowest BCUT2D eigenvalue weighted by Crippen LogP contribution is -2.59. The monoisotopic (exact) mass is 246 g/mol. The smallest absolute Gasteiger partial charge is 0.110 e. The second kappa shape index (κ2) is 6.69. The van der Waals surface area contributed by atoms with Gasteiger partial charge < -0.3 is 10.2 Å². The molecule has 0 radical (unpaired) electrons. The second-order valence-corrected chi connectivity index (χ2v) is 5.93. The van der Waals surface area contributed by atoms with Gasteiger partial charge in [-0.1, -0.05) is 34.6 Å². The Morgan fingerprint density at radius 1 is 0.941 bits per heavy atom. The van der Waals surface area contributed by atoms with Crippen LogP contribution in [0.2, 0.25) is 0 Å². The molecule has 0 aromatic rings. The fourth-order valence-corrected chi connectivity index (χ4v) is 2.43. The third-order valence-electron chi connectivity index (χ3n) is 2.96. The molecule has 0 saturated heterocycles. The van der Waals surface area contributed by atoms with E-state index in [0.717, 1.165) is 0 Å². The first-order valence-electron chi connectivity index (χ1n) is 6.46. The number of nitrogens with zero attached hydrogens (tertiary/aromatic N) is 2. The third-order valence-corrected chi connectivity index (χ3v) is 2.96. The van der Waals surface area contributed by atoms with E-state index in [0.29, 0.717) is 12.8 Å². The molecule has 4 heteroatoms. The molecular formula is C13H30N2O2. The number of hydrogen-bond donors (Lipinski definition) is 2. The zero-order chi connectivity index (χ0) is 13.8. The molecule has 4 nitrogen and oxygen atoms in total. The third kappa shape index (κ3) is 4.54. The van der Waals surface area contributed by atoms with Gasteiger partial charge >= 0.3 is 0 Å². The maximum Gasteiger partial charge on any atom is 0.110 e. The normalized spacial score (nSPS) is 18.5. The van der Waals surface area contributed by atoms with Gasteiger partial charge in [-0.25, -0.2) is 4.90 Å². The average molecular weight is 246 g/mol. The zero-order valence-electron chi connectivity index (χ0n) is 12.4. The maximum atomic E-state index is 10.1. The van der Waals surface area contributed by atoms with Crippen LogP contribution in [0.3, 0.4) is 0 Å². The Labute approximate surface area is 106 Å². The molecule has 0 aromatic heterocycles. The molecule has 3 atom stereocenters. The van der Waals surface area contributed by atoms with Gasteiger partial charge in [-0.3, -0.25) is 4.90 Å². The fraction of sp³-hybridized carbons (Fsp3) is 1.00. The van der Waals surface area contributed by atoms with Crippen LogP contribution in [-0.4, -0.2) is 52.7 Å². The summed E-state index contributed by atoms with van der Waals surface area (Å²) < 4.78 is 0. The van der Waals surface area contributed by atoms with Gasteiger partial charge in [0.05, 0.1) is 6.17 Å². The van der Waals surface area contributed by atoms with Crippen molar-refractivity contribution in [3.05, 3.63) is 0 Å². The van der Waals surface area contributed by atoms with Gasteiger partial charge in [0.1, 0.15) is 12.5 Å². The summed E-state index contributed by atoms with van der Waals surface area (Å²) in [6, 6.07) is 0. The largest absolute Gasteiger partial charge is 0.378 e. The van der Waals surface area contributed by atoms with E-state index in [4.69, 9.17) is 0 Å². The van der Waals surface area contributed by atoms with E-state index in [1.54, 1.807) is 4.90 Å². The van der Waals surface area contributed by atoms with E-state index in [1.165, 1.54) is 0 Å². The van der Waals surface area contributed by atoms with E-state index in [9.17, 15) is 10.2 Å². The quantitative estimate of drug-likeness (QED) is 0.700. The van der Waals surface area contributed by atoms with E-state index in [-0.39, 0.29) is 11.6 Å². The molecule has 0 aliphatic carbocycles. The first kappa shape index (κ1) is 16.8. The highest BCUT2D eigenvalue weighted by Gasteiger charge is 2.37. The summed E-state index contributed by atoms with van der Waals surface area (Å²) in [6.07, 6.45) is -0.0184. The fourth-order valence-electron chi connectivity index (χ4n) is 2.43. The van der Waals surface area contributed by atoms with Crippen LogP contribution in [0, 0.1) is 5.41 Å². The summed E-state index contributed by atoms with van der Waals surface area (Å²) in [6.45, 7) is 10.2. The van der Waals surface area contributed by atoms with Gasteiger partial charge in [0, 0.05) is 0 Å². The minimum absolute atomic E-state index is 0.00704. The van der Waals surface area contributed by atoms with Gasteiger partial charge in [0.25, 0.3) is 0 Å². The number of aliphatic hydroxyl groups excluding tert-OH is 2. The van der Waals surface area contributed by atoms with E-state index in [2.05, 4.69) is 25.7 Å². The topological polar surface area (TPSA) is 46.9 Å². The van der Waals surface area contributed by atoms with Crippen molar-refractivity contribution >= 4 is 0 Å². The Balaban J connectivity index is 5.22. The van der Waals surface area contributed by atoms with Crippen LogP contribution in [0.1, 0.15) is 47.5 Å². The van der Waals surface area contributed by atoms with Crippen LogP contribution < -0.4 is 0 Å². The highest BCUT2D eigenvalue weighted by Crippen LogP contribution is 2.29. The highest BCUT2D eigenvalue weighted by atomic mass is 16.3. The first-order valence-corrected chi connectivity index (χ1v) is 6.46. The molecule has 104 valence electrons. The minimum Gasteiger partial charge on any atom is -0.378 e. The molecule has 0 rings (SSSR count). The summed E-state index contributed by atoms with van der Waals surface area (Å²) >= 11 is 0. The van der Waals surface area contributed by atoms with Crippen LogP contribution >= 0.6 is 0 Å². The Kier molecular flexibility index (Phi) is 6.62. The van der Waals surface area contributed by atoms with E-state index >= 15 is 0 Å². The van der Waals surface area contributed by atoms with Crippen LogP contribution in [0.25, 0.3) is 0 Å². The van der Waals surface area contributed by atoms with Crippen molar-refractivity contribution in [1.82, 2.24) is 9.80 Å². The molecule has 0 spiro atoms. The lowest BCUT2D eigenvalue weighted by molar-refractivity contribution is -0.179. The van der Waals surface area contributed by atoms with Crippen molar-refractivity contribution in [2.75, 3.05) is 14.1 Å². The summed E-state index contributed by atoms with van der Waals surface area (Å²) in [5.74, 6) is 0. The van der Waals surface area contributed by atoms with Crippen molar-refractivity contribution in [3.8, 4) is 0 Å². The number of rotatable bonds is 6. The molecule has 0 amide bonds. The van der Waals surface area contributed by atoms with Crippen LogP contribution in [0.15, 0.2) is 0 Å². The Hall–Kier alpha value is -0.160. The van der Waals surface area contributed by atoms with Crippen molar-refractivity contribution in [3.63, 3.8) is 0 Å². The van der Waals surface area contributed by atoms with Gasteiger partial charge in [-0.2, -0.15) is 0 Å². The molecule has 3 unspecified atom stereocenters. The van der Waals surface area contributed by atoms with Crippen LogP contribution in [0.5, 0.6) is 0 Å². The van der Waals surface area contributed by atoms with Crippen LogP contribution in [0.4, 0.5) is 0 Å². The lowest BCUT2D eigenvalue weighted by Gasteiger charge is -2.47. The summed E-state index contributed by atoms with van der Waals surface area (Å²) in [7, 11) is 3.96. The summed E-state index contributed by atoms with van der Waals surface area (Å²) in [5.41, 5.74) is -0.0458. The Morgan fingerprint density at radius 2 is 1.29 bits per heavy atom.